The molecule has 1 aromatic heterocycles. The third kappa shape index (κ3) is 2.52. The maximum Gasteiger partial charge on any atom is 0.253 e. The highest BCUT2D eigenvalue weighted by Gasteiger charge is 2.47. The molecule has 2 aliphatic rings. The summed E-state index contributed by atoms with van der Waals surface area (Å²) in [6, 6.07) is 7.58. The Morgan fingerprint density at radius 2 is 2.21 bits per heavy atom. The Kier molecular flexibility index (Phi) is 3.85. The van der Waals surface area contributed by atoms with Gasteiger partial charge in [0.15, 0.2) is 0 Å². The van der Waals surface area contributed by atoms with Gasteiger partial charge in [0, 0.05) is 37.8 Å². The smallest absolute Gasteiger partial charge is 0.253 e. The normalized spacial score (nSPS) is 27.2. The van der Waals surface area contributed by atoms with Crippen LogP contribution in [0.4, 0.5) is 0 Å². The van der Waals surface area contributed by atoms with Gasteiger partial charge >= 0.3 is 0 Å². The van der Waals surface area contributed by atoms with Gasteiger partial charge in [-0.25, -0.2) is 0 Å². The van der Waals surface area contributed by atoms with Crippen molar-refractivity contribution in [3.63, 3.8) is 0 Å². The highest BCUT2D eigenvalue weighted by molar-refractivity contribution is 5.98. The van der Waals surface area contributed by atoms with Gasteiger partial charge in [-0.15, -0.1) is 0 Å². The van der Waals surface area contributed by atoms with Gasteiger partial charge in [0.25, 0.3) is 5.91 Å². The minimum atomic E-state index is -0.197. The SMILES string of the molecule is CO[C@H]1CN(C(=O)c2ccc3oc(C)cc3c2)CC[C@@]12CCCO2. The van der Waals surface area contributed by atoms with Crippen LogP contribution in [0.1, 0.15) is 35.4 Å². The number of furan rings is 1. The second kappa shape index (κ2) is 5.90. The van der Waals surface area contributed by atoms with Crippen LogP contribution in [0.2, 0.25) is 0 Å². The highest BCUT2D eigenvalue weighted by atomic mass is 16.5. The first-order chi connectivity index (χ1) is 11.6. The number of aryl methyl sites for hydroxylation is 1. The van der Waals surface area contributed by atoms with Crippen molar-refractivity contribution >= 4 is 16.9 Å². The number of likely N-dealkylation sites (tertiary alicyclic amines) is 1. The Hall–Kier alpha value is -1.85. The monoisotopic (exact) mass is 329 g/mol. The van der Waals surface area contributed by atoms with E-state index < -0.39 is 0 Å². The molecular weight excluding hydrogens is 306 g/mol. The molecule has 2 atom stereocenters. The number of hydrogen-bond donors (Lipinski definition) is 0. The molecular formula is C19H23NO4. The van der Waals surface area contributed by atoms with Crippen molar-refractivity contribution in [2.45, 2.75) is 37.9 Å². The largest absolute Gasteiger partial charge is 0.461 e. The zero-order valence-corrected chi connectivity index (χ0v) is 14.2. The minimum absolute atomic E-state index is 0.0469. The van der Waals surface area contributed by atoms with Gasteiger partial charge in [-0.3, -0.25) is 4.79 Å². The average molecular weight is 329 g/mol. The number of benzene rings is 1. The van der Waals surface area contributed by atoms with Crippen LogP contribution < -0.4 is 0 Å². The van der Waals surface area contributed by atoms with E-state index in [1.807, 2.05) is 36.1 Å². The fourth-order valence-electron chi connectivity index (χ4n) is 4.08. The first-order valence-electron chi connectivity index (χ1n) is 8.57. The number of amides is 1. The van der Waals surface area contributed by atoms with Gasteiger partial charge in [-0.1, -0.05) is 0 Å². The zero-order valence-electron chi connectivity index (χ0n) is 14.2. The molecule has 2 aliphatic heterocycles. The summed E-state index contributed by atoms with van der Waals surface area (Å²) in [6.45, 7) is 4.00. The van der Waals surface area contributed by atoms with E-state index in [0.717, 1.165) is 42.6 Å². The van der Waals surface area contributed by atoms with E-state index in [-0.39, 0.29) is 17.6 Å². The maximum absolute atomic E-state index is 12.9. The number of hydrogen-bond acceptors (Lipinski definition) is 4. The lowest BCUT2D eigenvalue weighted by Gasteiger charge is -2.44. The van der Waals surface area contributed by atoms with E-state index in [9.17, 15) is 4.79 Å². The lowest BCUT2D eigenvalue weighted by atomic mass is 9.85. The molecule has 2 fully saturated rings. The number of piperidine rings is 1. The first kappa shape index (κ1) is 15.7. The van der Waals surface area contributed by atoms with E-state index in [1.54, 1.807) is 7.11 Å². The molecule has 2 saturated heterocycles. The van der Waals surface area contributed by atoms with Gasteiger partial charge < -0.3 is 18.8 Å². The van der Waals surface area contributed by atoms with Crippen LogP contribution in [0, 0.1) is 6.92 Å². The predicted octanol–water partition coefficient (Wildman–Crippen LogP) is 3.15. The van der Waals surface area contributed by atoms with Crippen LogP contribution >= 0.6 is 0 Å². The van der Waals surface area contributed by atoms with Gasteiger partial charge in [0.2, 0.25) is 0 Å². The predicted molar refractivity (Wildman–Crippen MR) is 90.2 cm³/mol. The van der Waals surface area contributed by atoms with Crippen LogP contribution in [0.3, 0.4) is 0 Å². The third-order valence-corrected chi connectivity index (χ3v) is 5.37. The zero-order chi connectivity index (χ0) is 16.7. The van der Waals surface area contributed by atoms with Crippen LogP contribution in [-0.2, 0) is 9.47 Å². The quantitative estimate of drug-likeness (QED) is 0.849. The number of carbonyl (C=O) groups excluding carboxylic acids is 1. The lowest BCUT2D eigenvalue weighted by molar-refractivity contribution is -0.136. The Morgan fingerprint density at radius 3 is 2.96 bits per heavy atom. The Morgan fingerprint density at radius 1 is 1.33 bits per heavy atom. The standard InChI is InChI=1S/C19H23NO4/c1-13-10-15-11-14(4-5-16(15)24-13)18(21)20-8-7-19(6-3-9-23-19)17(12-20)22-2/h4-5,10-11,17H,3,6-9,12H2,1-2H3/t17-,19-/m0/s1. The third-order valence-electron chi connectivity index (χ3n) is 5.37. The van der Waals surface area contributed by atoms with Crippen LogP contribution in [0.15, 0.2) is 28.7 Å². The Bertz CT molecular complexity index is 760. The first-order valence-corrected chi connectivity index (χ1v) is 8.57. The average Bonchev–Trinajstić information content (AvgIpc) is 3.20. The molecule has 0 aliphatic carbocycles. The number of ether oxygens (including phenoxy) is 2. The number of fused-ring (bicyclic) bond motifs is 1. The molecule has 1 spiro atoms. The molecule has 5 nitrogen and oxygen atoms in total. The van der Waals surface area contributed by atoms with Crippen LogP contribution in [-0.4, -0.2) is 49.3 Å². The molecule has 1 aromatic carbocycles. The van der Waals surface area contributed by atoms with Crippen LogP contribution in [0.25, 0.3) is 11.0 Å². The van der Waals surface area contributed by atoms with Gasteiger partial charge in [-0.2, -0.15) is 0 Å². The molecule has 0 N–H and O–H groups in total. The summed E-state index contributed by atoms with van der Waals surface area (Å²) >= 11 is 0. The second-order valence-electron chi connectivity index (χ2n) is 6.85. The molecule has 24 heavy (non-hydrogen) atoms. The topological polar surface area (TPSA) is 51.9 Å². The molecule has 5 heteroatoms. The van der Waals surface area contributed by atoms with Gasteiger partial charge in [0.05, 0.1) is 5.60 Å². The number of carbonyl (C=O) groups is 1. The summed E-state index contributed by atoms with van der Waals surface area (Å²) in [4.78, 5) is 14.8. The molecule has 2 aromatic rings. The summed E-state index contributed by atoms with van der Waals surface area (Å²) in [5.74, 6) is 0.901. The fourth-order valence-corrected chi connectivity index (χ4v) is 4.08. The molecule has 0 saturated carbocycles. The van der Waals surface area contributed by atoms with E-state index >= 15 is 0 Å². The Balaban J connectivity index is 1.55. The van der Waals surface area contributed by atoms with Crippen molar-refractivity contribution < 1.29 is 18.7 Å². The van der Waals surface area contributed by atoms with E-state index in [1.165, 1.54) is 0 Å². The van der Waals surface area contributed by atoms with Crippen molar-refractivity contribution in [1.29, 1.82) is 0 Å². The summed E-state index contributed by atoms with van der Waals surface area (Å²) in [7, 11) is 1.71. The summed E-state index contributed by atoms with van der Waals surface area (Å²) in [5, 5.41) is 0.967. The van der Waals surface area contributed by atoms with Crippen molar-refractivity contribution in [2.75, 3.05) is 26.8 Å². The molecule has 0 radical (unpaired) electrons. The van der Waals surface area contributed by atoms with Gasteiger partial charge in [-0.05, 0) is 50.5 Å². The number of rotatable bonds is 2. The van der Waals surface area contributed by atoms with E-state index in [0.29, 0.717) is 18.7 Å². The van der Waals surface area contributed by atoms with E-state index in [4.69, 9.17) is 13.9 Å². The second-order valence-corrected chi connectivity index (χ2v) is 6.85. The van der Waals surface area contributed by atoms with Gasteiger partial charge in [0.1, 0.15) is 17.4 Å². The number of nitrogens with zero attached hydrogens (tertiary/aromatic N) is 1. The fraction of sp³-hybridized carbons (Fsp3) is 0.526. The highest BCUT2D eigenvalue weighted by Crippen LogP contribution is 2.37. The summed E-state index contributed by atoms with van der Waals surface area (Å²) in [5.41, 5.74) is 1.31. The molecule has 3 heterocycles. The Labute approximate surface area is 141 Å². The van der Waals surface area contributed by atoms with Crippen LogP contribution in [0.5, 0.6) is 0 Å². The lowest BCUT2D eigenvalue weighted by Crippen LogP contribution is -2.57. The van der Waals surface area contributed by atoms with E-state index in [2.05, 4.69) is 0 Å². The molecule has 1 amide bonds. The molecule has 0 bridgehead atoms. The molecule has 0 unspecified atom stereocenters. The number of methoxy groups -OCH3 is 1. The van der Waals surface area contributed by atoms with Crippen molar-refractivity contribution in [3.05, 3.63) is 35.6 Å². The van der Waals surface area contributed by atoms with Crippen molar-refractivity contribution in [2.24, 2.45) is 0 Å². The van der Waals surface area contributed by atoms with Crippen molar-refractivity contribution in [3.8, 4) is 0 Å². The summed E-state index contributed by atoms with van der Waals surface area (Å²) in [6.07, 6.45) is 2.88. The maximum atomic E-state index is 12.9. The molecule has 128 valence electrons. The van der Waals surface area contributed by atoms with Crippen molar-refractivity contribution in [1.82, 2.24) is 4.90 Å². The minimum Gasteiger partial charge on any atom is -0.461 e. The summed E-state index contributed by atoms with van der Waals surface area (Å²) < 4.78 is 17.3. The molecule has 4 rings (SSSR count).